The molecule has 0 spiro atoms. The second-order valence-electron chi connectivity index (χ2n) is 8.88. The average molecular weight is 389 g/mol. The summed E-state index contributed by atoms with van der Waals surface area (Å²) in [6.45, 7) is 6.72. The summed E-state index contributed by atoms with van der Waals surface area (Å²) in [5.41, 5.74) is 3.67. The Labute approximate surface area is 176 Å². The first kappa shape index (κ1) is 25.1. The van der Waals surface area contributed by atoms with Gasteiger partial charge in [-0.3, -0.25) is 0 Å². The zero-order valence-electron chi connectivity index (χ0n) is 19.3. The molecule has 1 aromatic carbocycles. The predicted octanol–water partition coefficient (Wildman–Crippen LogP) is 9.07. The molecule has 0 radical (unpaired) electrons. The van der Waals surface area contributed by atoms with Crippen LogP contribution < -0.4 is 0 Å². The largest absolute Gasteiger partial charge is 0.507 e. The van der Waals surface area contributed by atoms with Crippen molar-refractivity contribution in [1.29, 1.82) is 0 Å². The molecular formula is C27H48O. The van der Waals surface area contributed by atoms with E-state index in [1.54, 1.807) is 0 Å². The summed E-state index contributed by atoms with van der Waals surface area (Å²) in [6.07, 6.45) is 23.6. The summed E-state index contributed by atoms with van der Waals surface area (Å²) in [5, 5.41) is 10.7. The Morgan fingerprint density at radius 2 is 0.857 bits per heavy atom. The van der Waals surface area contributed by atoms with E-state index >= 15 is 0 Å². The summed E-state index contributed by atoms with van der Waals surface area (Å²) in [4.78, 5) is 0. The number of hydrogen-bond acceptors (Lipinski definition) is 1. The van der Waals surface area contributed by atoms with Gasteiger partial charge in [-0.05, 0) is 43.7 Å². The Morgan fingerprint density at radius 3 is 1.21 bits per heavy atom. The van der Waals surface area contributed by atoms with Crippen LogP contribution in [0.1, 0.15) is 133 Å². The van der Waals surface area contributed by atoms with Gasteiger partial charge in [0, 0.05) is 0 Å². The Morgan fingerprint density at radius 1 is 0.536 bits per heavy atom. The molecule has 0 saturated heterocycles. The van der Waals surface area contributed by atoms with E-state index in [1.165, 1.54) is 119 Å². The molecule has 0 aliphatic heterocycles. The maximum absolute atomic E-state index is 10.7. The lowest BCUT2D eigenvalue weighted by molar-refractivity contribution is 0.456. The van der Waals surface area contributed by atoms with E-state index in [0.717, 1.165) is 12.8 Å². The fraction of sp³-hybridized carbons (Fsp3) is 0.778. The van der Waals surface area contributed by atoms with Crippen LogP contribution in [0.25, 0.3) is 0 Å². The summed E-state index contributed by atoms with van der Waals surface area (Å²) >= 11 is 0. The SMILES string of the molecule is CCCCCCCCCCc1cc(C)cc(CCCCCCCCCC)c1O. The smallest absolute Gasteiger partial charge is 0.121 e. The van der Waals surface area contributed by atoms with Gasteiger partial charge in [-0.1, -0.05) is 121 Å². The molecule has 162 valence electrons. The third-order valence-corrected chi connectivity index (χ3v) is 6.01. The van der Waals surface area contributed by atoms with Crippen LogP contribution in [0.2, 0.25) is 0 Å². The standard InChI is InChI=1S/C27H48O/c1-4-6-8-10-12-14-16-18-20-25-22-24(3)23-26(27(25)28)21-19-17-15-13-11-9-7-5-2/h22-23,28H,4-21H2,1-3H3. The van der Waals surface area contributed by atoms with E-state index in [9.17, 15) is 5.11 Å². The first-order chi connectivity index (χ1) is 13.7. The number of unbranched alkanes of at least 4 members (excludes halogenated alkanes) is 14. The van der Waals surface area contributed by atoms with E-state index in [4.69, 9.17) is 0 Å². The van der Waals surface area contributed by atoms with E-state index in [1.807, 2.05) is 0 Å². The third-order valence-electron chi connectivity index (χ3n) is 6.01. The number of rotatable bonds is 18. The minimum atomic E-state index is 0.594. The highest BCUT2D eigenvalue weighted by atomic mass is 16.3. The van der Waals surface area contributed by atoms with Gasteiger partial charge in [0.25, 0.3) is 0 Å². The first-order valence-corrected chi connectivity index (χ1v) is 12.5. The van der Waals surface area contributed by atoms with Crippen LogP contribution in [0.5, 0.6) is 5.75 Å². The van der Waals surface area contributed by atoms with Crippen molar-refractivity contribution in [3.8, 4) is 5.75 Å². The van der Waals surface area contributed by atoms with E-state index in [2.05, 4.69) is 32.9 Å². The van der Waals surface area contributed by atoms with Gasteiger partial charge in [0.1, 0.15) is 5.75 Å². The van der Waals surface area contributed by atoms with Crippen molar-refractivity contribution in [3.05, 3.63) is 28.8 Å². The lowest BCUT2D eigenvalue weighted by Gasteiger charge is -2.12. The van der Waals surface area contributed by atoms with Gasteiger partial charge in [0.05, 0.1) is 0 Å². The van der Waals surface area contributed by atoms with E-state index < -0.39 is 0 Å². The molecule has 0 heterocycles. The van der Waals surface area contributed by atoms with Crippen molar-refractivity contribution in [2.45, 2.75) is 136 Å². The molecule has 0 bridgehead atoms. The van der Waals surface area contributed by atoms with Crippen molar-refractivity contribution in [3.63, 3.8) is 0 Å². The number of phenolic OH excluding ortho intramolecular Hbond substituents is 1. The highest BCUT2D eigenvalue weighted by Gasteiger charge is 2.09. The maximum Gasteiger partial charge on any atom is 0.121 e. The van der Waals surface area contributed by atoms with Gasteiger partial charge < -0.3 is 5.11 Å². The van der Waals surface area contributed by atoms with E-state index in [-0.39, 0.29) is 0 Å². The Bertz CT molecular complexity index is 450. The van der Waals surface area contributed by atoms with Crippen molar-refractivity contribution in [1.82, 2.24) is 0 Å². The van der Waals surface area contributed by atoms with Gasteiger partial charge in [0.2, 0.25) is 0 Å². The molecule has 28 heavy (non-hydrogen) atoms. The molecular weight excluding hydrogens is 340 g/mol. The number of aromatic hydroxyl groups is 1. The topological polar surface area (TPSA) is 20.2 Å². The van der Waals surface area contributed by atoms with Crippen molar-refractivity contribution in [2.75, 3.05) is 0 Å². The van der Waals surface area contributed by atoms with Gasteiger partial charge in [-0.15, -0.1) is 0 Å². The highest BCUT2D eigenvalue weighted by molar-refractivity contribution is 5.43. The first-order valence-electron chi connectivity index (χ1n) is 12.5. The summed E-state index contributed by atoms with van der Waals surface area (Å²) in [5.74, 6) is 0.594. The average Bonchev–Trinajstić information content (AvgIpc) is 2.69. The molecule has 0 aliphatic rings. The lowest BCUT2D eigenvalue weighted by Crippen LogP contribution is -1.95. The number of phenols is 1. The molecule has 0 atom stereocenters. The van der Waals surface area contributed by atoms with Gasteiger partial charge in [-0.2, -0.15) is 0 Å². The number of aryl methyl sites for hydroxylation is 3. The molecule has 1 aromatic rings. The second kappa shape index (κ2) is 16.9. The van der Waals surface area contributed by atoms with Crippen LogP contribution >= 0.6 is 0 Å². The van der Waals surface area contributed by atoms with Crippen molar-refractivity contribution < 1.29 is 5.11 Å². The zero-order chi connectivity index (χ0) is 20.5. The molecule has 1 nitrogen and oxygen atoms in total. The molecule has 0 aliphatic carbocycles. The Hall–Kier alpha value is -0.980. The van der Waals surface area contributed by atoms with Crippen LogP contribution in [0.15, 0.2) is 12.1 Å². The highest BCUT2D eigenvalue weighted by Crippen LogP contribution is 2.28. The monoisotopic (exact) mass is 388 g/mol. The Kier molecular flexibility index (Phi) is 15.1. The maximum atomic E-state index is 10.7. The molecule has 1 heteroatoms. The molecule has 0 aromatic heterocycles. The summed E-state index contributed by atoms with van der Waals surface area (Å²) in [6, 6.07) is 4.40. The normalized spacial score (nSPS) is 11.2. The minimum Gasteiger partial charge on any atom is -0.507 e. The van der Waals surface area contributed by atoms with Gasteiger partial charge in [-0.25, -0.2) is 0 Å². The predicted molar refractivity (Wildman–Crippen MR) is 125 cm³/mol. The summed E-state index contributed by atoms with van der Waals surface area (Å²) < 4.78 is 0. The molecule has 0 unspecified atom stereocenters. The van der Waals surface area contributed by atoms with Crippen LogP contribution in [0, 0.1) is 6.92 Å². The number of hydrogen-bond donors (Lipinski definition) is 1. The molecule has 0 saturated carbocycles. The zero-order valence-corrected chi connectivity index (χ0v) is 19.3. The molecule has 1 N–H and O–H groups in total. The van der Waals surface area contributed by atoms with Gasteiger partial charge in [0.15, 0.2) is 0 Å². The van der Waals surface area contributed by atoms with E-state index in [0.29, 0.717) is 5.75 Å². The number of benzene rings is 1. The molecule has 1 rings (SSSR count). The summed E-state index contributed by atoms with van der Waals surface area (Å²) in [7, 11) is 0. The minimum absolute atomic E-state index is 0.594. The Balaban J connectivity index is 2.26. The van der Waals surface area contributed by atoms with Gasteiger partial charge >= 0.3 is 0 Å². The van der Waals surface area contributed by atoms with Crippen LogP contribution in [-0.2, 0) is 12.8 Å². The van der Waals surface area contributed by atoms with Crippen molar-refractivity contribution >= 4 is 0 Å². The van der Waals surface area contributed by atoms with Crippen molar-refractivity contribution in [2.24, 2.45) is 0 Å². The van der Waals surface area contributed by atoms with Crippen LogP contribution in [0.3, 0.4) is 0 Å². The lowest BCUT2D eigenvalue weighted by atomic mass is 9.96. The molecule has 0 fully saturated rings. The third kappa shape index (κ3) is 11.8. The fourth-order valence-electron chi connectivity index (χ4n) is 4.21. The quantitative estimate of drug-likeness (QED) is 0.249. The van der Waals surface area contributed by atoms with Crippen LogP contribution in [-0.4, -0.2) is 5.11 Å². The fourth-order valence-corrected chi connectivity index (χ4v) is 4.21. The second-order valence-corrected chi connectivity index (χ2v) is 8.88. The molecule has 0 amide bonds. The van der Waals surface area contributed by atoms with Crippen LogP contribution in [0.4, 0.5) is 0 Å².